The Labute approximate surface area is 108 Å². The summed E-state index contributed by atoms with van der Waals surface area (Å²) in [4.78, 5) is 0. The van der Waals surface area contributed by atoms with E-state index in [1.165, 1.54) is 0 Å². The van der Waals surface area contributed by atoms with Gasteiger partial charge in [-0.15, -0.1) is 0 Å². The van der Waals surface area contributed by atoms with Crippen molar-refractivity contribution in [3.05, 3.63) is 29.3 Å². The quantitative estimate of drug-likeness (QED) is 0.690. The van der Waals surface area contributed by atoms with Crippen LogP contribution in [0.4, 0.5) is 0 Å². The summed E-state index contributed by atoms with van der Waals surface area (Å²) in [5.41, 5.74) is 0. The molecule has 0 aliphatic heterocycles. The number of likely N-dealkylation sites (N-methyl/N-ethyl adjacent to an activating group) is 1. The van der Waals surface area contributed by atoms with Gasteiger partial charge in [0.25, 0.3) is 0 Å². The topological polar surface area (TPSA) is 30.5 Å². The molecule has 1 N–H and O–H groups in total. The summed E-state index contributed by atoms with van der Waals surface area (Å²) in [5, 5.41) is 3.93. The number of ether oxygens (including phenoxy) is 2. The summed E-state index contributed by atoms with van der Waals surface area (Å²) >= 11 is 5.77. The van der Waals surface area contributed by atoms with Gasteiger partial charge in [-0.05, 0) is 30.8 Å². The van der Waals surface area contributed by atoms with Gasteiger partial charge in [0.1, 0.15) is 5.75 Å². The molecule has 96 valence electrons. The average molecular weight is 258 g/mol. The highest BCUT2D eigenvalue weighted by atomic mass is 35.5. The van der Waals surface area contributed by atoms with Crippen LogP contribution in [0.2, 0.25) is 5.02 Å². The van der Waals surface area contributed by atoms with E-state index >= 15 is 0 Å². The van der Waals surface area contributed by atoms with E-state index in [9.17, 15) is 0 Å². The predicted molar refractivity (Wildman–Crippen MR) is 70.9 cm³/mol. The molecule has 1 aromatic rings. The Morgan fingerprint density at radius 2 is 1.88 bits per heavy atom. The first kappa shape index (κ1) is 14.3. The lowest BCUT2D eigenvalue weighted by molar-refractivity contribution is 0.121. The van der Waals surface area contributed by atoms with Crippen LogP contribution in [0.5, 0.6) is 5.75 Å². The van der Waals surface area contributed by atoms with Crippen molar-refractivity contribution in [1.29, 1.82) is 0 Å². The number of benzene rings is 1. The van der Waals surface area contributed by atoms with Gasteiger partial charge < -0.3 is 14.8 Å². The minimum absolute atomic E-state index is 0.669. The molecule has 1 aromatic carbocycles. The molecule has 3 nitrogen and oxygen atoms in total. The third kappa shape index (κ3) is 7.21. The van der Waals surface area contributed by atoms with Crippen molar-refractivity contribution in [2.75, 3.05) is 32.9 Å². The maximum absolute atomic E-state index is 5.77. The van der Waals surface area contributed by atoms with E-state index < -0.39 is 0 Å². The fourth-order valence-corrected chi connectivity index (χ4v) is 1.43. The highest BCUT2D eigenvalue weighted by molar-refractivity contribution is 6.30. The van der Waals surface area contributed by atoms with Crippen molar-refractivity contribution in [3.8, 4) is 5.75 Å². The van der Waals surface area contributed by atoms with Crippen molar-refractivity contribution >= 4 is 11.6 Å². The summed E-state index contributed by atoms with van der Waals surface area (Å²) in [5.74, 6) is 0.849. The molecule has 0 aliphatic carbocycles. The Hall–Kier alpha value is -0.770. The van der Waals surface area contributed by atoms with Gasteiger partial charge in [-0.3, -0.25) is 0 Å². The summed E-state index contributed by atoms with van der Waals surface area (Å²) in [6, 6.07) is 7.39. The van der Waals surface area contributed by atoms with E-state index in [1.807, 2.05) is 24.3 Å². The molecule has 0 radical (unpaired) electrons. The van der Waals surface area contributed by atoms with Crippen molar-refractivity contribution in [1.82, 2.24) is 5.32 Å². The first-order valence-electron chi connectivity index (χ1n) is 5.99. The first-order chi connectivity index (χ1) is 8.33. The molecule has 0 bridgehead atoms. The van der Waals surface area contributed by atoms with E-state index in [0.717, 1.165) is 43.5 Å². The van der Waals surface area contributed by atoms with Crippen LogP contribution in [0, 0.1) is 0 Å². The molecule has 0 unspecified atom stereocenters. The molecule has 0 heterocycles. The van der Waals surface area contributed by atoms with Crippen molar-refractivity contribution in [2.24, 2.45) is 0 Å². The Morgan fingerprint density at radius 3 is 2.59 bits per heavy atom. The summed E-state index contributed by atoms with van der Waals surface area (Å²) in [6.07, 6.45) is 0.898. The SMILES string of the molecule is CCNCCOCCCOc1ccc(Cl)cc1. The average Bonchev–Trinajstić information content (AvgIpc) is 2.35. The maximum atomic E-state index is 5.77. The second-order valence-electron chi connectivity index (χ2n) is 3.62. The normalized spacial score (nSPS) is 10.5. The van der Waals surface area contributed by atoms with E-state index in [0.29, 0.717) is 6.61 Å². The molecule has 0 amide bonds. The third-order valence-corrected chi connectivity index (χ3v) is 2.44. The lowest BCUT2D eigenvalue weighted by atomic mass is 10.3. The Bertz CT molecular complexity index is 290. The van der Waals surface area contributed by atoms with Gasteiger partial charge in [-0.1, -0.05) is 18.5 Å². The Balaban J connectivity index is 1.95. The van der Waals surface area contributed by atoms with E-state index in [4.69, 9.17) is 21.1 Å². The molecule has 1 rings (SSSR count). The van der Waals surface area contributed by atoms with E-state index in [1.54, 1.807) is 0 Å². The van der Waals surface area contributed by atoms with E-state index in [2.05, 4.69) is 12.2 Å². The molecule has 0 fully saturated rings. The molecule has 0 spiro atoms. The van der Waals surface area contributed by atoms with Crippen LogP contribution in [0.15, 0.2) is 24.3 Å². The van der Waals surface area contributed by atoms with Crippen LogP contribution in [-0.4, -0.2) is 32.9 Å². The lowest BCUT2D eigenvalue weighted by Crippen LogP contribution is -2.19. The number of hydrogen-bond donors (Lipinski definition) is 1. The molecule has 0 aromatic heterocycles. The van der Waals surface area contributed by atoms with Gasteiger partial charge in [-0.25, -0.2) is 0 Å². The summed E-state index contributed by atoms with van der Waals surface area (Å²) in [7, 11) is 0. The fraction of sp³-hybridized carbons (Fsp3) is 0.538. The molecule has 17 heavy (non-hydrogen) atoms. The van der Waals surface area contributed by atoms with Gasteiger partial charge in [0.05, 0.1) is 13.2 Å². The van der Waals surface area contributed by atoms with Gasteiger partial charge in [0.15, 0.2) is 0 Å². The number of hydrogen-bond acceptors (Lipinski definition) is 3. The third-order valence-electron chi connectivity index (χ3n) is 2.19. The zero-order valence-electron chi connectivity index (χ0n) is 10.2. The van der Waals surface area contributed by atoms with Crippen LogP contribution >= 0.6 is 11.6 Å². The minimum atomic E-state index is 0.669. The van der Waals surface area contributed by atoms with Crippen LogP contribution in [0.3, 0.4) is 0 Å². The molecule has 0 atom stereocenters. The van der Waals surface area contributed by atoms with Crippen molar-refractivity contribution in [2.45, 2.75) is 13.3 Å². The first-order valence-corrected chi connectivity index (χ1v) is 6.37. The number of halogens is 1. The van der Waals surface area contributed by atoms with Gasteiger partial charge >= 0.3 is 0 Å². The van der Waals surface area contributed by atoms with Gasteiger partial charge in [0.2, 0.25) is 0 Å². The highest BCUT2D eigenvalue weighted by Gasteiger charge is 1.94. The van der Waals surface area contributed by atoms with Crippen LogP contribution in [-0.2, 0) is 4.74 Å². The monoisotopic (exact) mass is 257 g/mol. The second kappa shape index (κ2) is 9.28. The largest absolute Gasteiger partial charge is 0.494 e. The van der Waals surface area contributed by atoms with Gasteiger partial charge in [-0.2, -0.15) is 0 Å². The zero-order valence-corrected chi connectivity index (χ0v) is 11.0. The van der Waals surface area contributed by atoms with Crippen LogP contribution < -0.4 is 10.1 Å². The lowest BCUT2D eigenvalue weighted by Gasteiger charge is -2.07. The highest BCUT2D eigenvalue weighted by Crippen LogP contribution is 2.15. The molecular weight excluding hydrogens is 238 g/mol. The van der Waals surface area contributed by atoms with Crippen LogP contribution in [0.25, 0.3) is 0 Å². The maximum Gasteiger partial charge on any atom is 0.119 e. The second-order valence-corrected chi connectivity index (χ2v) is 4.06. The fourth-order valence-electron chi connectivity index (χ4n) is 1.31. The van der Waals surface area contributed by atoms with Crippen LogP contribution in [0.1, 0.15) is 13.3 Å². The zero-order chi connectivity index (χ0) is 12.3. The van der Waals surface area contributed by atoms with Gasteiger partial charge in [0, 0.05) is 24.6 Å². The summed E-state index contributed by atoms with van der Waals surface area (Å²) < 4.78 is 11.0. The molecule has 4 heteroatoms. The molecule has 0 saturated heterocycles. The number of rotatable bonds is 9. The number of nitrogens with one attached hydrogen (secondary N) is 1. The molecule has 0 saturated carbocycles. The molecule has 0 aliphatic rings. The van der Waals surface area contributed by atoms with Crippen molar-refractivity contribution in [3.63, 3.8) is 0 Å². The Morgan fingerprint density at radius 1 is 1.12 bits per heavy atom. The van der Waals surface area contributed by atoms with E-state index in [-0.39, 0.29) is 0 Å². The minimum Gasteiger partial charge on any atom is -0.494 e. The summed E-state index contributed by atoms with van der Waals surface area (Å²) in [6.45, 7) is 6.15. The predicted octanol–water partition coefficient (Wildman–Crippen LogP) is 2.74. The standard InChI is InChI=1S/C13H20ClNO2/c1-2-15-8-11-16-9-3-10-17-13-6-4-12(14)5-7-13/h4-7,15H,2-3,8-11H2,1H3. The Kier molecular flexibility index (Phi) is 7.80. The molecular formula is C13H20ClNO2. The van der Waals surface area contributed by atoms with Crippen molar-refractivity contribution < 1.29 is 9.47 Å². The smallest absolute Gasteiger partial charge is 0.119 e.